The van der Waals surface area contributed by atoms with Crippen LogP contribution in [-0.2, 0) is 17.6 Å². The topological polar surface area (TPSA) is 51.2 Å². The van der Waals surface area contributed by atoms with Gasteiger partial charge in [0.2, 0.25) is 0 Å². The summed E-state index contributed by atoms with van der Waals surface area (Å²) in [6.07, 6.45) is 5.14. The molecule has 0 bridgehead atoms. The number of nitrogens with zero attached hydrogens (tertiary/aromatic N) is 1. The molecule has 1 aliphatic heterocycles. The molecule has 0 spiro atoms. The third-order valence-electron chi connectivity index (χ3n) is 4.72. The third kappa shape index (κ3) is 2.81. The minimum atomic E-state index is -0.0340. The van der Waals surface area contributed by atoms with Crippen LogP contribution >= 0.6 is 11.6 Å². The zero-order chi connectivity index (χ0) is 15.8. The highest BCUT2D eigenvalue weighted by Gasteiger charge is 2.25. The van der Waals surface area contributed by atoms with Crippen LogP contribution in [0.5, 0.6) is 0 Å². The molecule has 1 aromatic heterocycles. The van der Waals surface area contributed by atoms with E-state index in [1.165, 1.54) is 0 Å². The van der Waals surface area contributed by atoms with Gasteiger partial charge in [0.15, 0.2) is 0 Å². The number of amides is 1. The Labute approximate surface area is 140 Å². The fourth-order valence-electron chi connectivity index (χ4n) is 3.59. The maximum atomic E-state index is 12.8. The van der Waals surface area contributed by atoms with E-state index >= 15 is 0 Å². The average Bonchev–Trinajstić information content (AvgIpc) is 3.21. The van der Waals surface area contributed by atoms with E-state index in [1.807, 2.05) is 18.2 Å². The highest BCUT2D eigenvalue weighted by Crippen LogP contribution is 2.31. The van der Waals surface area contributed by atoms with Crippen LogP contribution in [0.2, 0.25) is 5.02 Å². The van der Waals surface area contributed by atoms with Crippen molar-refractivity contribution < 1.29 is 9.53 Å². The van der Waals surface area contributed by atoms with E-state index in [9.17, 15) is 4.79 Å². The van der Waals surface area contributed by atoms with E-state index in [0.717, 1.165) is 66.4 Å². The first-order chi connectivity index (χ1) is 11.2. The second-order valence-electron chi connectivity index (χ2n) is 6.27. The summed E-state index contributed by atoms with van der Waals surface area (Å²) in [4.78, 5) is 17.6. The van der Waals surface area contributed by atoms with Crippen LogP contribution in [-0.4, -0.2) is 30.1 Å². The number of benzene rings is 1. The number of pyridine rings is 1. The SMILES string of the molecule is O=C(NCC1CCCO1)c1c2c(nc3ccc(Cl)cc13)CCC2. The van der Waals surface area contributed by atoms with Gasteiger partial charge >= 0.3 is 0 Å². The van der Waals surface area contributed by atoms with Gasteiger partial charge in [-0.15, -0.1) is 0 Å². The number of fused-ring (bicyclic) bond motifs is 2. The monoisotopic (exact) mass is 330 g/mol. The fraction of sp³-hybridized carbons (Fsp3) is 0.444. The highest BCUT2D eigenvalue weighted by atomic mass is 35.5. The third-order valence-corrected chi connectivity index (χ3v) is 4.95. The van der Waals surface area contributed by atoms with Gasteiger partial charge in [0, 0.05) is 29.3 Å². The minimum absolute atomic E-state index is 0.0340. The van der Waals surface area contributed by atoms with Gasteiger partial charge in [-0.3, -0.25) is 9.78 Å². The molecule has 1 N–H and O–H groups in total. The smallest absolute Gasteiger partial charge is 0.252 e. The van der Waals surface area contributed by atoms with Crippen molar-refractivity contribution in [2.24, 2.45) is 0 Å². The van der Waals surface area contributed by atoms with Crippen molar-refractivity contribution >= 4 is 28.4 Å². The van der Waals surface area contributed by atoms with Gasteiger partial charge in [-0.25, -0.2) is 0 Å². The summed E-state index contributed by atoms with van der Waals surface area (Å²) in [5.74, 6) is -0.0340. The summed E-state index contributed by atoms with van der Waals surface area (Å²) >= 11 is 6.15. The summed E-state index contributed by atoms with van der Waals surface area (Å²) in [7, 11) is 0. The molecule has 1 amide bonds. The number of carbonyl (C=O) groups excluding carboxylic acids is 1. The first-order valence-electron chi connectivity index (χ1n) is 8.23. The molecule has 2 heterocycles. The number of nitrogens with one attached hydrogen (secondary N) is 1. The van der Waals surface area contributed by atoms with Gasteiger partial charge in [0.1, 0.15) is 0 Å². The van der Waals surface area contributed by atoms with Crippen LogP contribution in [0.3, 0.4) is 0 Å². The van der Waals surface area contributed by atoms with Crippen molar-refractivity contribution in [2.45, 2.75) is 38.2 Å². The van der Waals surface area contributed by atoms with Crippen LogP contribution < -0.4 is 5.32 Å². The summed E-state index contributed by atoms with van der Waals surface area (Å²) in [5, 5.41) is 4.53. The number of halogens is 1. The van der Waals surface area contributed by atoms with E-state index in [-0.39, 0.29) is 12.0 Å². The summed E-state index contributed by atoms with van der Waals surface area (Å²) < 4.78 is 5.59. The Morgan fingerprint density at radius 1 is 1.35 bits per heavy atom. The van der Waals surface area contributed by atoms with Crippen molar-refractivity contribution in [3.8, 4) is 0 Å². The molecule has 1 unspecified atom stereocenters. The van der Waals surface area contributed by atoms with Crippen molar-refractivity contribution in [2.75, 3.05) is 13.2 Å². The van der Waals surface area contributed by atoms with E-state index in [0.29, 0.717) is 11.6 Å². The largest absolute Gasteiger partial charge is 0.376 e. The van der Waals surface area contributed by atoms with E-state index in [4.69, 9.17) is 21.3 Å². The summed E-state index contributed by atoms with van der Waals surface area (Å²) in [6.45, 7) is 1.36. The van der Waals surface area contributed by atoms with Crippen LogP contribution in [0.25, 0.3) is 10.9 Å². The standard InChI is InChI=1S/C18H19ClN2O2/c19-11-6-7-16-14(9-11)17(13-4-1-5-15(13)21-16)18(22)20-10-12-3-2-8-23-12/h6-7,9,12H,1-5,8,10H2,(H,20,22). The molecule has 23 heavy (non-hydrogen) atoms. The molecule has 1 aliphatic carbocycles. The predicted molar refractivity (Wildman–Crippen MR) is 90.1 cm³/mol. The zero-order valence-electron chi connectivity index (χ0n) is 12.9. The fourth-order valence-corrected chi connectivity index (χ4v) is 3.77. The second kappa shape index (κ2) is 6.10. The van der Waals surface area contributed by atoms with E-state index in [1.54, 1.807) is 0 Å². The van der Waals surface area contributed by atoms with Crippen molar-refractivity contribution in [1.82, 2.24) is 10.3 Å². The summed E-state index contributed by atoms with van der Waals surface area (Å²) in [6, 6.07) is 5.57. The Kier molecular flexibility index (Phi) is 3.95. The van der Waals surface area contributed by atoms with Crippen LogP contribution in [0.1, 0.15) is 40.9 Å². The summed E-state index contributed by atoms with van der Waals surface area (Å²) in [5.41, 5.74) is 3.74. The molecule has 0 radical (unpaired) electrons. The Morgan fingerprint density at radius 3 is 3.09 bits per heavy atom. The molecular formula is C18H19ClN2O2. The molecule has 5 heteroatoms. The minimum Gasteiger partial charge on any atom is -0.376 e. The quantitative estimate of drug-likeness (QED) is 0.939. The number of aromatic nitrogens is 1. The Morgan fingerprint density at radius 2 is 2.26 bits per heavy atom. The lowest BCUT2D eigenvalue weighted by atomic mass is 10.0. The van der Waals surface area contributed by atoms with E-state index < -0.39 is 0 Å². The van der Waals surface area contributed by atoms with Gasteiger partial charge in [-0.1, -0.05) is 11.6 Å². The Hall–Kier alpha value is -1.65. The number of rotatable bonds is 3. The van der Waals surface area contributed by atoms with E-state index in [2.05, 4.69) is 5.32 Å². The average molecular weight is 331 g/mol. The molecule has 1 saturated heterocycles. The predicted octanol–water partition coefficient (Wildman–Crippen LogP) is 3.29. The van der Waals surface area contributed by atoms with Crippen molar-refractivity contribution in [1.29, 1.82) is 0 Å². The molecule has 1 fully saturated rings. The lowest BCUT2D eigenvalue weighted by Gasteiger charge is -2.15. The van der Waals surface area contributed by atoms with Gasteiger partial charge in [-0.2, -0.15) is 0 Å². The Bertz CT molecular complexity index is 769. The molecule has 1 atom stereocenters. The van der Waals surface area contributed by atoms with Gasteiger partial charge in [-0.05, 0) is 55.9 Å². The van der Waals surface area contributed by atoms with Crippen LogP contribution in [0, 0.1) is 0 Å². The van der Waals surface area contributed by atoms with Gasteiger partial charge in [0.05, 0.1) is 17.2 Å². The lowest BCUT2D eigenvalue weighted by molar-refractivity contribution is 0.0858. The normalized spacial score (nSPS) is 20.0. The first-order valence-corrected chi connectivity index (χ1v) is 8.61. The number of ether oxygens (including phenoxy) is 1. The molecule has 1 aromatic carbocycles. The molecular weight excluding hydrogens is 312 g/mol. The lowest BCUT2D eigenvalue weighted by Crippen LogP contribution is -2.32. The Balaban J connectivity index is 1.71. The van der Waals surface area contributed by atoms with Crippen molar-refractivity contribution in [3.05, 3.63) is 40.0 Å². The van der Waals surface area contributed by atoms with Crippen LogP contribution in [0.15, 0.2) is 18.2 Å². The van der Waals surface area contributed by atoms with Gasteiger partial charge < -0.3 is 10.1 Å². The molecule has 2 aromatic rings. The number of aryl methyl sites for hydroxylation is 1. The molecule has 4 rings (SSSR count). The second-order valence-corrected chi connectivity index (χ2v) is 6.71. The molecule has 0 saturated carbocycles. The first kappa shape index (κ1) is 14.9. The number of carbonyl (C=O) groups is 1. The highest BCUT2D eigenvalue weighted by molar-refractivity contribution is 6.31. The number of hydrogen-bond acceptors (Lipinski definition) is 3. The molecule has 2 aliphatic rings. The van der Waals surface area contributed by atoms with Crippen LogP contribution in [0.4, 0.5) is 0 Å². The number of hydrogen-bond donors (Lipinski definition) is 1. The maximum absolute atomic E-state index is 12.8. The molecule has 120 valence electrons. The maximum Gasteiger partial charge on any atom is 0.252 e. The zero-order valence-corrected chi connectivity index (χ0v) is 13.7. The van der Waals surface area contributed by atoms with Gasteiger partial charge in [0.25, 0.3) is 5.91 Å². The molecule has 4 nitrogen and oxygen atoms in total. The van der Waals surface area contributed by atoms with Crippen molar-refractivity contribution in [3.63, 3.8) is 0 Å².